The molecule has 0 bridgehead atoms. The van der Waals surface area contributed by atoms with Gasteiger partial charge >= 0.3 is 0 Å². The number of anilines is 1. The Balaban J connectivity index is 2.30. The van der Waals surface area contributed by atoms with Crippen molar-refractivity contribution in [2.45, 2.75) is 20.3 Å². The highest BCUT2D eigenvalue weighted by atomic mass is 35.5. The number of nitrogens with zero attached hydrogens (tertiary/aromatic N) is 1. The van der Waals surface area contributed by atoms with E-state index < -0.39 is 0 Å². The van der Waals surface area contributed by atoms with Crippen LogP contribution in [-0.2, 0) is 0 Å². The van der Waals surface area contributed by atoms with Gasteiger partial charge in [-0.2, -0.15) is 0 Å². The molecular formula is C14H19ClN2S. The van der Waals surface area contributed by atoms with Crippen molar-refractivity contribution in [2.75, 3.05) is 18.0 Å². The molecule has 1 aliphatic heterocycles. The summed E-state index contributed by atoms with van der Waals surface area (Å²) < 4.78 is 0. The Morgan fingerprint density at radius 1 is 1.39 bits per heavy atom. The first-order chi connectivity index (χ1) is 8.49. The van der Waals surface area contributed by atoms with Crippen LogP contribution in [0.4, 0.5) is 5.69 Å². The molecular weight excluding hydrogens is 264 g/mol. The first kappa shape index (κ1) is 13.6. The first-order valence-corrected chi connectivity index (χ1v) is 7.12. The van der Waals surface area contributed by atoms with Gasteiger partial charge in [-0.25, -0.2) is 0 Å². The molecule has 0 spiro atoms. The lowest BCUT2D eigenvalue weighted by atomic mass is 9.88. The molecule has 2 unspecified atom stereocenters. The standard InChI is InChI=1S/C14H19ClN2S/c1-9-5-6-17(8-10(9)2)13-4-3-11(15)7-12(13)14(16)18/h3-4,7,9-10H,5-6,8H2,1-2H3,(H2,16,18). The normalized spacial score (nSPS) is 24.1. The van der Waals surface area contributed by atoms with E-state index in [0.29, 0.717) is 15.9 Å². The zero-order valence-corrected chi connectivity index (χ0v) is 12.4. The monoisotopic (exact) mass is 282 g/mol. The highest BCUT2D eigenvalue weighted by Gasteiger charge is 2.24. The molecule has 98 valence electrons. The van der Waals surface area contributed by atoms with E-state index >= 15 is 0 Å². The van der Waals surface area contributed by atoms with Crippen LogP contribution >= 0.6 is 23.8 Å². The molecule has 1 fully saturated rings. The van der Waals surface area contributed by atoms with E-state index in [0.717, 1.165) is 30.3 Å². The zero-order chi connectivity index (χ0) is 13.3. The second-order valence-electron chi connectivity index (χ2n) is 5.21. The van der Waals surface area contributed by atoms with Crippen molar-refractivity contribution in [3.05, 3.63) is 28.8 Å². The molecule has 1 aromatic carbocycles. The summed E-state index contributed by atoms with van der Waals surface area (Å²) in [5.41, 5.74) is 7.80. The molecule has 2 rings (SSSR count). The molecule has 1 aromatic rings. The molecule has 2 atom stereocenters. The molecule has 2 N–H and O–H groups in total. The molecule has 18 heavy (non-hydrogen) atoms. The van der Waals surface area contributed by atoms with Crippen LogP contribution in [0.2, 0.25) is 5.02 Å². The number of rotatable bonds is 2. The maximum absolute atomic E-state index is 6.02. The van der Waals surface area contributed by atoms with Crippen LogP contribution in [-0.4, -0.2) is 18.1 Å². The summed E-state index contributed by atoms with van der Waals surface area (Å²) in [6, 6.07) is 5.79. The predicted molar refractivity (Wildman–Crippen MR) is 82.5 cm³/mol. The number of hydrogen-bond donors (Lipinski definition) is 1. The van der Waals surface area contributed by atoms with Gasteiger partial charge in [0.05, 0.1) is 0 Å². The van der Waals surface area contributed by atoms with Gasteiger partial charge < -0.3 is 10.6 Å². The third-order valence-electron chi connectivity index (χ3n) is 3.90. The van der Waals surface area contributed by atoms with Crippen molar-refractivity contribution >= 4 is 34.5 Å². The van der Waals surface area contributed by atoms with E-state index in [1.807, 2.05) is 18.2 Å². The number of benzene rings is 1. The van der Waals surface area contributed by atoms with Crippen LogP contribution in [0.25, 0.3) is 0 Å². The molecule has 0 amide bonds. The summed E-state index contributed by atoms with van der Waals surface area (Å²) in [7, 11) is 0. The van der Waals surface area contributed by atoms with E-state index in [9.17, 15) is 0 Å². The Kier molecular flexibility index (Phi) is 4.13. The topological polar surface area (TPSA) is 29.3 Å². The number of hydrogen-bond acceptors (Lipinski definition) is 2. The van der Waals surface area contributed by atoms with Gasteiger partial charge in [-0.1, -0.05) is 37.7 Å². The molecule has 1 saturated heterocycles. The predicted octanol–water partition coefficient (Wildman–Crippen LogP) is 3.46. The summed E-state index contributed by atoms with van der Waals surface area (Å²) in [6.45, 7) is 6.73. The molecule has 2 nitrogen and oxygen atoms in total. The van der Waals surface area contributed by atoms with Gasteiger partial charge in [-0.15, -0.1) is 0 Å². The fraction of sp³-hybridized carbons (Fsp3) is 0.500. The van der Waals surface area contributed by atoms with Gasteiger partial charge in [-0.3, -0.25) is 0 Å². The fourth-order valence-corrected chi connectivity index (χ4v) is 2.80. The van der Waals surface area contributed by atoms with E-state index in [2.05, 4.69) is 18.7 Å². The first-order valence-electron chi connectivity index (χ1n) is 6.33. The summed E-state index contributed by atoms with van der Waals surface area (Å²) in [5.74, 6) is 1.47. The summed E-state index contributed by atoms with van der Waals surface area (Å²) >= 11 is 11.1. The highest BCUT2D eigenvalue weighted by molar-refractivity contribution is 7.80. The third kappa shape index (κ3) is 2.78. The second-order valence-corrected chi connectivity index (χ2v) is 6.09. The van der Waals surface area contributed by atoms with Crippen LogP contribution in [0.1, 0.15) is 25.8 Å². The lowest BCUT2D eigenvalue weighted by Gasteiger charge is -2.37. The fourth-order valence-electron chi connectivity index (χ4n) is 2.46. The number of nitrogens with two attached hydrogens (primary N) is 1. The van der Waals surface area contributed by atoms with Crippen molar-refractivity contribution in [1.29, 1.82) is 0 Å². The van der Waals surface area contributed by atoms with E-state index in [-0.39, 0.29) is 0 Å². The van der Waals surface area contributed by atoms with Crippen LogP contribution in [0.15, 0.2) is 18.2 Å². The highest BCUT2D eigenvalue weighted by Crippen LogP contribution is 2.30. The largest absolute Gasteiger partial charge is 0.389 e. The lowest BCUT2D eigenvalue weighted by Crippen LogP contribution is -2.39. The smallest absolute Gasteiger partial charge is 0.106 e. The van der Waals surface area contributed by atoms with Crippen molar-refractivity contribution in [1.82, 2.24) is 0 Å². The van der Waals surface area contributed by atoms with Gasteiger partial charge in [0, 0.05) is 29.4 Å². The van der Waals surface area contributed by atoms with E-state index in [1.165, 1.54) is 6.42 Å². The molecule has 0 saturated carbocycles. The zero-order valence-electron chi connectivity index (χ0n) is 10.8. The molecule has 0 aromatic heterocycles. The Morgan fingerprint density at radius 3 is 2.72 bits per heavy atom. The Hall–Kier alpha value is -0.800. The van der Waals surface area contributed by atoms with Gasteiger partial charge in [0.2, 0.25) is 0 Å². The van der Waals surface area contributed by atoms with Crippen LogP contribution in [0, 0.1) is 11.8 Å². The van der Waals surface area contributed by atoms with Crippen molar-refractivity contribution < 1.29 is 0 Å². The molecule has 0 radical (unpaired) electrons. The SMILES string of the molecule is CC1CCN(c2ccc(Cl)cc2C(N)=S)CC1C. The van der Waals surface area contributed by atoms with Crippen molar-refractivity contribution in [3.8, 4) is 0 Å². The van der Waals surface area contributed by atoms with Crippen molar-refractivity contribution in [2.24, 2.45) is 17.6 Å². The minimum absolute atomic E-state index is 0.416. The maximum Gasteiger partial charge on any atom is 0.106 e. The van der Waals surface area contributed by atoms with Crippen LogP contribution in [0.5, 0.6) is 0 Å². The molecule has 4 heteroatoms. The average molecular weight is 283 g/mol. The summed E-state index contributed by atoms with van der Waals surface area (Å²) in [4.78, 5) is 2.79. The number of thiocarbonyl (C=S) groups is 1. The number of halogens is 1. The molecule has 0 aliphatic carbocycles. The average Bonchev–Trinajstić information content (AvgIpc) is 2.32. The van der Waals surface area contributed by atoms with Gasteiger partial charge in [0.25, 0.3) is 0 Å². The third-order valence-corrected chi connectivity index (χ3v) is 4.35. The second kappa shape index (κ2) is 5.45. The Bertz CT molecular complexity index is 461. The van der Waals surface area contributed by atoms with Crippen LogP contribution in [0.3, 0.4) is 0 Å². The minimum Gasteiger partial charge on any atom is -0.389 e. The van der Waals surface area contributed by atoms with Gasteiger partial charge in [0.15, 0.2) is 0 Å². The number of piperidine rings is 1. The minimum atomic E-state index is 0.416. The molecule has 1 aliphatic rings. The lowest BCUT2D eigenvalue weighted by molar-refractivity contribution is 0.324. The van der Waals surface area contributed by atoms with E-state index in [4.69, 9.17) is 29.6 Å². The van der Waals surface area contributed by atoms with Gasteiger partial charge in [0.1, 0.15) is 4.99 Å². The Morgan fingerprint density at radius 2 is 2.11 bits per heavy atom. The van der Waals surface area contributed by atoms with Crippen LogP contribution < -0.4 is 10.6 Å². The summed E-state index contributed by atoms with van der Waals surface area (Å²) in [5, 5.41) is 0.681. The quantitative estimate of drug-likeness (QED) is 0.843. The van der Waals surface area contributed by atoms with Gasteiger partial charge in [-0.05, 0) is 36.5 Å². The van der Waals surface area contributed by atoms with E-state index in [1.54, 1.807) is 0 Å². The summed E-state index contributed by atoms with van der Waals surface area (Å²) in [6.07, 6.45) is 1.21. The Labute approximate surface area is 119 Å². The van der Waals surface area contributed by atoms with Crippen molar-refractivity contribution in [3.63, 3.8) is 0 Å². The maximum atomic E-state index is 6.02. The molecule has 1 heterocycles.